The van der Waals surface area contributed by atoms with E-state index in [1.54, 1.807) is 37.4 Å². The minimum atomic E-state index is -3.57. The Balaban J connectivity index is 1.99. The molecule has 0 aliphatic carbocycles. The zero-order valence-electron chi connectivity index (χ0n) is 14.0. The summed E-state index contributed by atoms with van der Waals surface area (Å²) in [5, 5.41) is 0. The second-order valence-corrected chi connectivity index (χ2v) is 7.12. The van der Waals surface area contributed by atoms with Gasteiger partial charge in [-0.3, -0.25) is 0 Å². The minimum absolute atomic E-state index is 0.203. The molecule has 2 rings (SSSR count). The molecular weight excluding hydrogens is 326 g/mol. The number of benzene rings is 2. The summed E-state index contributed by atoms with van der Waals surface area (Å²) < 4.78 is 38.0. The van der Waals surface area contributed by atoms with Crippen LogP contribution < -0.4 is 14.2 Å². The lowest BCUT2D eigenvalue weighted by molar-refractivity contribution is 0.309. The van der Waals surface area contributed by atoms with Gasteiger partial charge >= 0.3 is 0 Å². The molecule has 0 aliphatic heterocycles. The van der Waals surface area contributed by atoms with Crippen molar-refractivity contribution in [2.24, 2.45) is 0 Å². The second kappa shape index (κ2) is 8.70. The van der Waals surface area contributed by atoms with Crippen molar-refractivity contribution in [3.05, 3.63) is 54.1 Å². The van der Waals surface area contributed by atoms with Crippen LogP contribution in [0.3, 0.4) is 0 Å². The molecule has 2 aromatic rings. The predicted octanol–water partition coefficient (Wildman–Crippen LogP) is 3.35. The molecule has 0 fully saturated rings. The summed E-state index contributed by atoms with van der Waals surface area (Å²) in [5.41, 5.74) is 0.831. The Bertz CT molecular complexity index is 742. The van der Waals surface area contributed by atoms with Crippen molar-refractivity contribution in [1.82, 2.24) is 4.72 Å². The lowest BCUT2D eigenvalue weighted by Crippen LogP contribution is -2.23. The highest BCUT2D eigenvalue weighted by Crippen LogP contribution is 2.17. The molecule has 6 heteroatoms. The summed E-state index contributed by atoms with van der Waals surface area (Å²) in [6.07, 6.45) is 2.03. The Kier molecular flexibility index (Phi) is 6.63. The average molecular weight is 349 g/mol. The van der Waals surface area contributed by atoms with Gasteiger partial charge in [-0.2, -0.15) is 0 Å². The zero-order chi connectivity index (χ0) is 17.4. The molecule has 2 aromatic carbocycles. The normalized spacial score (nSPS) is 11.2. The van der Waals surface area contributed by atoms with Gasteiger partial charge in [0.1, 0.15) is 11.5 Å². The van der Waals surface area contributed by atoms with Crippen molar-refractivity contribution >= 4 is 10.0 Å². The summed E-state index contributed by atoms with van der Waals surface area (Å²) in [5.74, 6) is 1.37. The van der Waals surface area contributed by atoms with Gasteiger partial charge in [-0.15, -0.1) is 0 Å². The van der Waals surface area contributed by atoms with Crippen LogP contribution in [0, 0.1) is 0 Å². The lowest BCUT2D eigenvalue weighted by Gasteiger charge is -2.09. The molecule has 0 heterocycles. The lowest BCUT2D eigenvalue weighted by atomic mass is 10.2. The molecule has 0 atom stereocenters. The quantitative estimate of drug-likeness (QED) is 0.705. The standard InChI is InChI=1S/C18H23NO4S/c1-3-4-12-23-16-8-10-18(11-9-16)24(20,21)19-14-15-6-5-7-17(13-15)22-2/h5-11,13,19H,3-4,12,14H2,1-2H3. The van der Waals surface area contributed by atoms with Crippen LogP contribution in [0.25, 0.3) is 0 Å². The number of sulfonamides is 1. The molecule has 5 nitrogen and oxygen atoms in total. The number of nitrogens with one attached hydrogen (secondary N) is 1. The fourth-order valence-corrected chi connectivity index (χ4v) is 3.11. The van der Waals surface area contributed by atoms with E-state index in [2.05, 4.69) is 11.6 Å². The third-order valence-corrected chi connectivity index (χ3v) is 4.92. The maximum absolute atomic E-state index is 12.3. The van der Waals surface area contributed by atoms with Crippen LogP contribution in [0.15, 0.2) is 53.4 Å². The topological polar surface area (TPSA) is 64.6 Å². The summed E-state index contributed by atoms with van der Waals surface area (Å²) in [7, 11) is -1.99. The molecule has 0 spiro atoms. The first kappa shape index (κ1) is 18.3. The van der Waals surface area contributed by atoms with Crippen LogP contribution in [0.4, 0.5) is 0 Å². The number of rotatable bonds is 9. The van der Waals surface area contributed by atoms with Gasteiger partial charge in [-0.05, 0) is 48.4 Å². The number of hydrogen-bond donors (Lipinski definition) is 1. The molecule has 1 N–H and O–H groups in total. The van der Waals surface area contributed by atoms with Crippen LogP contribution in [0.5, 0.6) is 11.5 Å². The minimum Gasteiger partial charge on any atom is -0.497 e. The summed E-state index contributed by atoms with van der Waals surface area (Å²) in [4.78, 5) is 0.216. The van der Waals surface area contributed by atoms with Gasteiger partial charge in [0, 0.05) is 6.54 Å². The van der Waals surface area contributed by atoms with Crippen molar-refractivity contribution in [1.29, 1.82) is 0 Å². The maximum Gasteiger partial charge on any atom is 0.240 e. The van der Waals surface area contributed by atoms with E-state index in [4.69, 9.17) is 9.47 Å². The van der Waals surface area contributed by atoms with Crippen molar-refractivity contribution in [3.63, 3.8) is 0 Å². The fraction of sp³-hybridized carbons (Fsp3) is 0.333. The van der Waals surface area contributed by atoms with Crippen molar-refractivity contribution < 1.29 is 17.9 Å². The van der Waals surface area contributed by atoms with Crippen molar-refractivity contribution in [2.75, 3.05) is 13.7 Å². The van der Waals surface area contributed by atoms with Gasteiger partial charge in [0.05, 0.1) is 18.6 Å². The maximum atomic E-state index is 12.3. The van der Waals surface area contributed by atoms with E-state index < -0.39 is 10.0 Å². The Labute approximate surface area is 143 Å². The molecular formula is C18H23NO4S. The second-order valence-electron chi connectivity index (χ2n) is 5.35. The summed E-state index contributed by atoms with van der Waals surface area (Å²) in [6.45, 7) is 2.93. The van der Waals surface area contributed by atoms with Crippen molar-refractivity contribution in [2.45, 2.75) is 31.2 Å². The van der Waals surface area contributed by atoms with E-state index in [0.717, 1.165) is 18.4 Å². The highest BCUT2D eigenvalue weighted by molar-refractivity contribution is 7.89. The van der Waals surface area contributed by atoms with Gasteiger partial charge < -0.3 is 9.47 Å². The summed E-state index contributed by atoms with van der Waals surface area (Å²) in [6, 6.07) is 13.7. The van der Waals surface area contributed by atoms with Crippen LogP contribution in [-0.4, -0.2) is 22.1 Å². The molecule has 0 saturated heterocycles. The SMILES string of the molecule is CCCCOc1ccc(S(=O)(=O)NCc2cccc(OC)c2)cc1. The number of hydrogen-bond acceptors (Lipinski definition) is 4. The molecule has 0 amide bonds. The van der Waals surface area contributed by atoms with Gasteiger partial charge in [-0.1, -0.05) is 25.5 Å². The van der Waals surface area contributed by atoms with Gasteiger partial charge in [0.2, 0.25) is 10.0 Å². The first-order valence-corrected chi connectivity index (χ1v) is 9.39. The molecule has 0 bridgehead atoms. The monoisotopic (exact) mass is 349 g/mol. The Hall–Kier alpha value is -2.05. The first-order chi connectivity index (χ1) is 11.5. The molecule has 0 aliphatic rings. The number of unbranched alkanes of at least 4 members (excludes halogenated alkanes) is 1. The largest absolute Gasteiger partial charge is 0.497 e. The molecule has 130 valence electrons. The number of methoxy groups -OCH3 is 1. The van der Waals surface area contributed by atoms with E-state index in [-0.39, 0.29) is 11.4 Å². The molecule has 0 radical (unpaired) electrons. The van der Waals surface area contributed by atoms with Crippen LogP contribution in [0.1, 0.15) is 25.3 Å². The van der Waals surface area contributed by atoms with Gasteiger partial charge in [-0.25, -0.2) is 13.1 Å². The Morgan fingerprint density at radius 2 is 1.79 bits per heavy atom. The van der Waals surface area contributed by atoms with E-state index in [1.165, 1.54) is 0 Å². The smallest absolute Gasteiger partial charge is 0.240 e. The van der Waals surface area contributed by atoms with Crippen molar-refractivity contribution in [3.8, 4) is 11.5 Å². The predicted molar refractivity (Wildman–Crippen MR) is 93.9 cm³/mol. The third kappa shape index (κ3) is 5.25. The van der Waals surface area contributed by atoms with E-state index in [0.29, 0.717) is 18.1 Å². The Morgan fingerprint density at radius 1 is 1.04 bits per heavy atom. The van der Waals surface area contributed by atoms with Gasteiger partial charge in [0.25, 0.3) is 0 Å². The Morgan fingerprint density at radius 3 is 2.46 bits per heavy atom. The number of ether oxygens (including phenoxy) is 2. The molecule has 24 heavy (non-hydrogen) atoms. The zero-order valence-corrected chi connectivity index (χ0v) is 14.8. The van der Waals surface area contributed by atoms with E-state index >= 15 is 0 Å². The van der Waals surface area contributed by atoms with Crippen LogP contribution in [0.2, 0.25) is 0 Å². The fourth-order valence-electron chi connectivity index (χ4n) is 2.09. The average Bonchev–Trinajstić information content (AvgIpc) is 2.61. The highest BCUT2D eigenvalue weighted by atomic mass is 32.2. The third-order valence-electron chi connectivity index (χ3n) is 3.50. The molecule has 0 saturated carbocycles. The highest BCUT2D eigenvalue weighted by Gasteiger charge is 2.13. The van der Waals surface area contributed by atoms with E-state index in [9.17, 15) is 8.42 Å². The molecule has 0 unspecified atom stereocenters. The van der Waals surface area contributed by atoms with Crippen LogP contribution in [-0.2, 0) is 16.6 Å². The van der Waals surface area contributed by atoms with E-state index in [1.807, 2.05) is 18.2 Å². The van der Waals surface area contributed by atoms with Gasteiger partial charge in [0.15, 0.2) is 0 Å². The first-order valence-electron chi connectivity index (χ1n) is 7.90. The summed E-state index contributed by atoms with van der Waals surface area (Å²) >= 11 is 0. The van der Waals surface area contributed by atoms with Crippen LogP contribution >= 0.6 is 0 Å². The molecule has 0 aromatic heterocycles.